The van der Waals surface area contributed by atoms with Crippen molar-refractivity contribution in [2.75, 3.05) is 11.5 Å². The van der Waals surface area contributed by atoms with Gasteiger partial charge in [-0.2, -0.15) is 16.9 Å². The van der Waals surface area contributed by atoms with Gasteiger partial charge in [-0.05, 0) is 31.4 Å². The van der Waals surface area contributed by atoms with E-state index < -0.39 is 0 Å². The summed E-state index contributed by atoms with van der Waals surface area (Å²) in [6.45, 7) is 0. The summed E-state index contributed by atoms with van der Waals surface area (Å²) in [4.78, 5) is 0. The number of nitrogens with zero attached hydrogens (tertiary/aromatic N) is 2. The zero-order chi connectivity index (χ0) is 12.2. The molecule has 1 saturated heterocycles. The second-order valence-electron chi connectivity index (χ2n) is 5.40. The van der Waals surface area contributed by atoms with Gasteiger partial charge in [0.15, 0.2) is 5.75 Å². The highest BCUT2D eigenvalue weighted by atomic mass is 32.2. The van der Waals surface area contributed by atoms with E-state index in [-0.39, 0.29) is 0 Å². The molecular formula is C14H22N2OS. The van der Waals surface area contributed by atoms with Gasteiger partial charge in [0, 0.05) is 5.75 Å². The maximum Gasteiger partial charge on any atom is 0.157 e. The molecule has 1 aromatic heterocycles. The number of aromatic nitrogens is 2. The highest BCUT2D eigenvalue weighted by Crippen LogP contribution is 2.29. The van der Waals surface area contributed by atoms with Crippen molar-refractivity contribution in [3.8, 4) is 5.75 Å². The Bertz CT molecular complexity index is 368. The molecule has 2 fully saturated rings. The third-order valence-corrected chi connectivity index (χ3v) is 5.13. The van der Waals surface area contributed by atoms with Crippen LogP contribution in [0.4, 0.5) is 0 Å². The van der Waals surface area contributed by atoms with E-state index in [2.05, 4.69) is 16.0 Å². The molecule has 1 atom stereocenters. The second kappa shape index (κ2) is 6.00. The largest absolute Gasteiger partial charge is 0.486 e. The first-order valence-corrected chi connectivity index (χ1v) is 8.36. The average molecular weight is 266 g/mol. The smallest absolute Gasteiger partial charge is 0.157 e. The van der Waals surface area contributed by atoms with Crippen molar-refractivity contribution in [1.82, 2.24) is 9.78 Å². The predicted molar refractivity (Wildman–Crippen MR) is 75.3 cm³/mol. The van der Waals surface area contributed by atoms with E-state index in [9.17, 15) is 0 Å². The van der Waals surface area contributed by atoms with Crippen LogP contribution in [0, 0.1) is 0 Å². The van der Waals surface area contributed by atoms with E-state index in [4.69, 9.17) is 4.74 Å². The number of hydrogen-bond donors (Lipinski definition) is 0. The number of hydrogen-bond acceptors (Lipinski definition) is 3. The maximum absolute atomic E-state index is 6.02. The molecule has 0 aromatic carbocycles. The lowest BCUT2D eigenvalue weighted by atomic mass is 9.96. The monoisotopic (exact) mass is 266 g/mol. The fraction of sp³-hybridized carbons (Fsp3) is 0.786. The molecule has 1 aromatic rings. The summed E-state index contributed by atoms with van der Waals surface area (Å²) >= 11 is 2.00. The molecule has 1 unspecified atom stereocenters. The molecule has 1 aliphatic heterocycles. The second-order valence-corrected chi connectivity index (χ2v) is 6.55. The quantitative estimate of drug-likeness (QED) is 0.835. The van der Waals surface area contributed by atoms with Gasteiger partial charge in [0.2, 0.25) is 0 Å². The zero-order valence-electron chi connectivity index (χ0n) is 10.9. The Balaban J connectivity index is 1.58. The third kappa shape index (κ3) is 3.02. The van der Waals surface area contributed by atoms with Crippen LogP contribution in [0.2, 0.25) is 0 Å². The first-order valence-electron chi connectivity index (χ1n) is 7.20. The molecule has 0 radical (unpaired) electrons. The minimum atomic E-state index is 0.396. The van der Waals surface area contributed by atoms with E-state index in [1.807, 2.05) is 18.0 Å². The molecule has 0 amide bonds. The summed E-state index contributed by atoms with van der Waals surface area (Å²) in [6, 6.07) is 0.608. The minimum absolute atomic E-state index is 0.396. The Morgan fingerprint density at radius 2 is 2.06 bits per heavy atom. The number of ether oxygens (including phenoxy) is 1. The van der Waals surface area contributed by atoms with Gasteiger partial charge in [0.05, 0.1) is 18.4 Å². The van der Waals surface area contributed by atoms with Gasteiger partial charge in [-0.1, -0.05) is 19.3 Å². The Morgan fingerprint density at radius 3 is 2.83 bits per heavy atom. The van der Waals surface area contributed by atoms with Gasteiger partial charge < -0.3 is 4.74 Å². The molecule has 1 aliphatic carbocycles. The van der Waals surface area contributed by atoms with Crippen molar-refractivity contribution < 1.29 is 4.74 Å². The summed E-state index contributed by atoms with van der Waals surface area (Å²) in [6.07, 6.45) is 13.5. The van der Waals surface area contributed by atoms with Gasteiger partial charge in [-0.3, -0.25) is 4.68 Å². The molecule has 0 spiro atoms. The molecule has 2 heterocycles. The molecule has 0 N–H and O–H groups in total. The molecule has 4 heteroatoms. The van der Waals surface area contributed by atoms with Crippen molar-refractivity contribution in [2.45, 2.75) is 57.1 Å². The standard InChI is InChI=1S/C14H22N2OS/c1-2-5-12(6-3-1)16-10-14(9-15-16)17-13-7-4-8-18-11-13/h9-10,12-13H,1-8,11H2. The summed E-state index contributed by atoms with van der Waals surface area (Å²) in [5.41, 5.74) is 0. The van der Waals surface area contributed by atoms with Gasteiger partial charge in [0.1, 0.15) is 6.10 Å². The number of thioether (sulfide) groups is 1. The fourth-order valence-corrected chi connectivity index (χ4v) is 3.96. The highest BCUT2D eigenvalue weighted by molar-refractivity contribution is 7.99. The Labute approximate surface area is 113 Å². The van der Waals surface area contributed by atoms with Crippen LogP contribution in [0.5, 0.6) is 5.75 Å². The molecule has 1 saturated carbocycles. The van der Waals surface area contributed by atoms with E-state index in [0.29, 0.717) is 12.1 Å². The summed E-state index contributed by atoms with van der Waals surface area (Å²) < 4.78 is 8.15. The van der Waals surface area contributed by atoms with Crippen LogP contribution >= 0.6 is 11.8 Å². The molecule has 3 rings (SSSR count). The van der Waals surface area contributed by atoms with Crippen LogP contribution in [0.25, 0.3) is 0 Å². The van der Waals surface area contributed by atoms with Crippen molar-refractivity contribution in [3.05, 3.63) is 12.4 Å². The van der Waals surface area contributed by atoms with Gasteiger partial charge >= 0.3 is 0 Å². The van der Waals surface area contributed by atoms with Gasteiger partial charge in [0.25, 0.3) is 0 Å². The lowest BCUT2D eigenvalue weighted by molar-refractivity contribution is 0.210. The first kappa shape index (κ1) is 12.4. The van der Waals surface area contributed by atoms with Crippen molar-refractivity contribution >= 4 is 11.8 Å². The third-order valence-electron chi connectivity index (χ3n) is 3.95. The Morgan fingerprint density at radius 1 is 1.17 bits per heavy atom. The molecule has 0 bridgehead atoms. The molecule has 18 heavy (non-hydrogen) atoms. The summed E-state index contributed by atoms with van der Waals surface area (Å²) in [5, 5.41) is 4.49. The highest BCUT2D eigenvalue weighted by Gasteiger charge is 2.19. The SMILES string of the molecule is c1nn(C2CCCCC2)cc1OC1CCCSC1. The van der Waals surface area contributed by atoms with E-state index in [1.165, 1.54) is 50.7 Å². The van der Waals surface area contributed by atoms with Crippen molar-refractivity contribution in [3.63, 3.8) is 0 Å². The topological polar surface area (TPSA) is 27.1 Å². The molecule has 100 valence electrons. The first-order chi connectivity index (χ1) is 8.92. The van der Waals surface area contributed by atoms with E-state index in [0.717, 1.165) is 11.5 Å². The van der Waals surface area contributed by atoms with Crippen LogP contribution < -0.4 is 4.74 Å². The van der Waals surface area contributed by atoms with Crippen LogP contribution in [-0.2, 0) is 0 Å². The summed E-state index contributed by atoms with van der Waals surface area (Å²) in [7, 11) is 0. The van der Waals surface area contributed by atoms with Crippen LogP contribution in [0.3, 0.4) is 0 Å². The molecular weight excluding hydrogens is 244 g/mol. The maximum atomic E-state index is 6.02. The average Bonchev–Trinajstić information content (AvgIpc) is 2.89. The molecule has 2 aliphatic rings. The van der Waals surface area contributed by atoms with Crippen LogP contribution in [0.1, 0.15) is 51.0 Å². The minimum Gasteiger partial charge on any atom is -0.486 e. The normalized spacial score (nSPS) is 26.1. The lowest BCUT2D eigenvalue weighted by Crippen LogP contribution is -2.23. The van der Waals surface area contributed by atoms with Gasteiger partial charge in [-0.15, -0.1) is 0 Å². The Kier molecular flexibility index (Phi) is 4.13. The summed E-state index contributed by atoms with van der Waals surface area (Å²) in [5.74, 6) is 3.39. The van der Waals surface area contributed by atoms with E-state index in [1.54, 1.807) is 0 Å². The van der Waals surface area contributed by atoms with Crippen LogP contribution in [-0.4, -0.2) is 27.4 Å². The zero-order valence-corrected chi connectivity index (χ0v) is 11.7. The van der Waals surface area contributed by atoms with Crippen molar-refractivity contribution in [2.24, 2.45) is 0 Å². The van der Waals surface area contributed by atoms with E-state index >= 15 is 0 Å². The molecule has 3 nitrogen and oxygen atoms in total. The Hall–Kier alpha value is -0.640. The van der Waals surface area contributed by atoms with Gasteiger partial charge in [-0.25, -0.2) is 0 Å². The predicted octanol–water partition coefficient (Wildman–Crippen LogP) is 3.66. The van der Waals surface area contributed by atoms with Crippen LogP contribution in [0.15, 0.2) is 12.4 Å². The lowest BCUT2D eigenvalue weighted by Gasteiger charge is -2.22. The number of rotatable bonds is 3. The fourth-order valence-electron chi connectivity index (χ4n) is 2.92. The van der Waals surface area contributed by atoms with Crippen molar-refractivity contribution in [1.29, 1.82) is 0 Å².